The number of carbonyl (C=O) groups is 1. The van der Waals surface area contributed by atoms with E-state index in [2.05, 4.69) is 11.7 Å². The molecule has 0 spiro atoms. The predicted molar refractivity (Wildman–Crippen MR) is 44.9 cm³/mol. The average molecular weight is 157 g/mol. The van der Waals surface area contributed by atoms with Gasteiger partial charge in [0.25, 0.3) is 0 Å². The average Bonchev–Trinajstić information content (AvgIpc) is 1.79. The van der Waals surface area contributed by atoms with Gasteiger partial charge < -0.3 is 9.73 Å². The minimum Gasteiger partial charge on any atom is -0.460 e. The maximum absolute atomic E-state index is 10.9. The third-order valence-electron chi connectivity index (χ3n) is 0.894. The lowest BCUT2D eigenvalue weighted by molar-refractivity contribution is -0.154. The van der Waals surface area contributed by atoms with E-state index in [1.165, 1.54) is 0 Å². The molecule has 0 saturated heterocycles. The molecule has 0 atom stereocenters. The quantitative estimate of drug-likeness (QED) is 0.459. The van der Waals surface area contributed by atoms with Crippen molar-refractivity contribution in [3.05, 3.63) is 0 Å². The number of carbonyl (C=O) groups excluding carboxylic acids is 1. The van der Waals surface area contributed by atoms with Crippen LogP contribution in [-0.2, 0) is 9.53 Å². The van der Waals surface area contributed by atoms with Crippen molar-refractivity contribution in [2.24, 2.45) is 4.99 Å². The number of ether oxygens (including phenoxy) is 1. The summed E-state index contributed by atoms with van der Waals surface area (Å²) in [4.78, 5) is 14.5. The van der Waals surface area contributed by atoms with Crippen LogP contribution in [0.15, 0.2) is 4.99 Å². The van der Waals surface area contributed by atoms with E-state index in [4.69, 9.17) is 4.74 Å². The van der Waals surface area contributed by atoms with Gasteiger partial charge in [-0.1, -0.05) is 0 Å². The molecule has 0 aromatic rings. The molecule has 64 valence electrons. The second-order valence-electron chi connectivity index (χ2n) is 3.28. The zero-order chi connectivity index (χ0) is 8.91. The van der Waals surface area contributed by atoms with E-state index in [1.54, 1.807) is 0 Å². The highest BCUT2D eigenvalue weighted by Gasteiger charge is 2.15. The van der Waals surface area contributed by atoms with Crippen LogP contribution in [0.1, 0.15) is 27.2 Å². The maximum atomic E-state index is 10.9. The number of rotatable bonds is 3. The zero-order valence-electron chi connectivity index (χ0n) is 7.39. The maximum Gasteiger partial charge on any atom is 0.308 e. The van der Waals surface area contributed by atoms with Crippen molar-refractivity contribution in [3.63, 3.8) is 0 Å². The third-order valence-corrected chi connectivity index (χ3v) is 0.894. The van der Waals surface area contributed by atoms with Crippen LogP contribution >= 0.6 is 0 Å². The van der Waals surface area contributed by atoms with E-state index in [0.29, 0.717) is 13.0 Å². The highest BCUT2D eigenvalue weighted by molar-refractivity contribution is 5.70. The Morgan fingerprint density at radius 2 is 2.09 bits per heavy atom. The van der Waals surface area contributed by atoms with Crippen LogP contribution in [0, 0.1) is 0 Å². The van der Waals surface area contributed by atoms with Gasteiger partial charge in [-0.05, 0) is 27.5 Å². The Hall–Kier alpha value is -0.860. The van der Waals surface area contributed by atoms with Crippen molar-refractivity contribution in [1.82, 2.24) is 0 Å². The van der Waals surface area contributed by atoms with Crippen molar-refractivity contribution in [2.45, 2.75) is 32.8 Å². The van der Waals surface area contributed by atoms with Gasteiger partial charge in [-0.2, -0.15) is 0 Å². The van der Waals surface area contributed by atoms with Gasteiger partial charge in [-0.15, -0.1) is 0 Å². The van der Waals surface area contributed by atoms with Crippen LogP contribution in [0.3, 0.4) is 0 Å². The Kier molecular flexibility index (Phi) is 3.79. The Morgan fingerprint density at radius 3 is 2.45 bits per heavy atom. The summed E-state index contributed by atoms with van der Waals surface area (Å²) >= 11 is 0. The zero-order valence-corrected chi connectivity index (χ0v) is 7.39. The second-order valence-corrected chi connectivity index (χ2v) is 3.28. The first-order valence-electron chi connectivity index (χ1n) is 3.60. The van der Waals surface area contributed by atoms with Gasteiger partial charge in [0.2, 0.25) is 0 Å². The first-order valence-corrected chi connectivity index (χ1v) is 3.60. The first kappa shape index (κ1) is 10.1. The second kappa shape index (κ2) is 4.11. The molecule has 0 saturated carbocycles. The van der Waals surface area contributed by atoms with Crippen LogP contribution in [-0.4, -0.2) is 24.8 Å². The lowest BCUT2D eigenvalue weighted by Crippen LogP contribution is -2.24. The minimum absolute atomic E-state index is 0.218. The molecule has 3 nitrogen and oxygen atoms in total. The molecule has 0 heterocycles. The van der Waals surface area contributed by atoms with Crippen molar-refractivity contribution in [1.29, 1.82) is 0 Å². The molecular formula is C8H15NO2. The van der Waals surface area contributed by atoms with Gasteiger partial charge in [0.1, 0.15) is 5.60 Å². The van der Waals surface area contributed by atoms with Crippen molar-refractivity contribution >= 4 is 12.7 Å². The summed E-state index contributed by atoms with van der Waals surface area (Å²) < 4.78 is 5.01. The number of nitrogens with zero attached hydrogens (tertiary/aromatic N) is 1. The van der Waals surface area contributed by atoms with E-state index < -0.39 is 5.60 Å². The summed E-state index contributed by atoms with van der Waals surface area (Å²) in [5, 5.41) is 0. The molecule has 0 radical (unpaired) electrons. The van der Waals surface area contributed by atoms with Gasteiger partial charge in [0, 0.05) is 6.54 Å². The van der Waals surface area contributed by atoms with Crippen LogP contribution in [0.4, 0.5) is 0 Å². The summed E-state index contributed by atoms with van der Waals surface area (Å²) in [7, 11) is 0. The molecule has 0 aliphatic rings. The molecule has 0 amide bonds. The van der Waals surface area contributed by atoms with Gasteiger partial charge >= 0.3 is 5.97 Å². The normalized spacial score (nSPS) is 10.8. The molecule has 0 unspecified atom stereocenters. The molecule has 11 heavy (non-hydrogen) atoms. The fraction of sp³-hybridized carbons (Fsp3) is 0.750. The van der Waals surface area contributed by atoms with Crippen molar-refractivity contribution in [3.8, 4) is 0 Å². The molecule has 0 aliphatic carbocycles. The van der Waals surface area contributed by atoms with Gasteiger partial charge in [-0.25, -0.2) is 0 Å². The summed E-state index contributed by atoms with van der Waals surface area (Å²) in [6.45, 7) is 9.23. The number of hydrogen-bond acceptors (Lipinski definition) is 3. The lowest BCUT2D eigenvalue weighted by Gasteiger charge is -2.18. The number of aliphatic imine (C=N–C) groups is 1. The van der Waals surface area contributed by atoms with E-state index in [-0.39, 0.29) is 5.97 Å². The molecule has 0 aliphatic heterocycles. The molecular weight excluding hydrogens is 142 g/mol. The molecule has 0 rings (SSSR count). The topological polar surface area (TPSA) is 38.7 Å². The summed E-state index contributed by atoms with van der Waals surface area (Å²) in [6, 6.07) is 0. The van der Waals surface area contributed by atoms with E-state index in [9.17, 15) is 4.79 Å². The molecule has 0 N–H and O–H groups in total. The van der Waals surface area contributed by atoms with Crippen LogP contribution in [0.25, 0.3) is 0 Å². The van der Waals surface area contributed by atoms with E-state index in [0.717, 1.165) is 0 Å². The number of hydrogen-bond donors (Lipinski definition) is 0. The lowest BCUT2D eigenvalue weighted by atomic mass is 10.2. The Balaban J connectivity index is 3.61. The minimum atomic E-state index is -0.391. The first-order chi connectivity index (χ1) is 4.95. The summed E-state index contributed by atoms with van der Waals surface area (Å²) in [5.74, 6) is -0.218. The molecule has 0 bridgehead atoms. The molecule has 0 fully saturated rings. The van der Waals surface area contributed by atoms with E-state index >= 15 is 0 Å². The Labute approximate surface area is 67.5 Å². The van der Waals surface area contributed by atoms with Gasteiger partial charge in [0.15, 0.2) is 0 Å². The highest BCUT2D eigenvalue weighted by Crippen LogP contribution is 2.07. The molecule has 0 aromatic carbocycles. The highest BCUT2D eigenvalue weighted by atomic mass is 16.6. The molecule has 0 aromatic heterocycles. The number of esters is 1. The fourth-order valence-electron chi connectivity index (χ4n) is 0.563. The van der Waals surface area contributed by atoms with Crippen molar-refractivity contribution in [2.75, 3.05) is 6.54 Å². The van der Waals surface area contributed by atoms with Crippen molar-refractivity contribution < 1.29 is 9.53 Å². The van der Waals surface area contributed by atoms with Gasteiger partial charge in [-0.3, -0.25) is 4.79 Å². The monoisotopic (exact) mass is 157 g/mol. The van der Waals surface area contributed by atoms with E-state index in [1.807, 2.05) is 20.8 Å². The van der Waals surface area contributed by atoms with Crippen LogP contribution in [0.2, 0.25) is 0 Å². The van der Waals surface area contributed by atoms with Crippen LogP contribution < -0.4 is 0 Å². The molecule has 3 heteroatoms. The summed E-state index contributed by atoms with van der Waals surface area (Å²) in [5.41, 5.74) is -0.391. The summed E-state index contributed by atoms with van der Waals surface area (Å²) in [6.07, 6.45) is 0.320. The Bertz CT molecular complexity index is 147. The SMILES string of the molecule is C=NCCC(=O)OC(C)(C)C. The van der Waals surface area contributed by atoms with Gasteiger partial charge in [0.05, 0.1) is 6.42 Å². The smallest absolute Gasteiger partial charge is 0.308 e. The van der Waals surface area contributed by atoms with Crippen LogP contribution in [0.5, 0.6) is 0 Å². The third kappa shape index (κ3) is 7.03. The Morgan fingerprint density at radius 1 is 1.55 bits per heavy atom. The standard InChI is InChI=1S/C8H15NO2/c1-8(2,3)11-7(10)5-6-9-4/h4-6H2,1-3H3. The fourth-order valence-corrected chi connectivity index (χ4v) is 0.563. The predicted octanol–water partition coefficient (Wildman–Crippen LogP) is 1.42. The largest absolute Gasteiger partial charge is 0.460 e.